The van der Waals surface area contributed by atoms with E-state index in [0.29, 0.717) is 17.9 Å². The van der Waals surface area contributed by atoms with E-state index in [1.807, 2.05) is 19.0 Å². The van der Waals surface area contributed by atoms with E-state index in [1.165, 1.54) is 32.4 Å². The van der Waals surface area contributed by atoms with Crippen LogP contribution in [0.15, 0.2) is 0 Å². The third-order valence-corrected chi connectivity index (χ3v) is 3.61. The van der Waals surface area contributed by atoms with Crippen LogP contribution in [0.3, 0.4) is 0 Å². The van der Waals surface area contributed by atoms with Gasteiger partial charge in [0.25, 0.3) is 0 Å². The lowest BCUT2D eigenvalue weighted by atomic mass is 10.1. The molecule has 2 heterocycles. The maximum atomic E-state index is 5.71. The average molecular weight is 279 g/mol. The van der Waals surface area contributed by atoms with Crippen molar-refractivity contribution >= 4 is 17.8 Å². The Hall–Kier alpha value is -1.63. The van der Waals surface area contributed by atoms with Gasteiger partial charge in [0.1, 0.15) is 0 Å². The van der Waals surface area contributed by atoms with Crippen molar-refractivity contribution in [2.45, 2.75) is 32.2 Å². The topological polar surface area (TPSA) is 83.2 Å². The molecule has 1 saturated heterocycles. The number of hydrogen-bond donors (Lipinski definition) is 2. The molecular formula is C13H25N7. The molecule has 1 atom stereocenters. The van der Waals surface area contributed by atoms with Crippen molar-refractivity contribution in [1.29, 1.82) is 0 Å². The number of anilines is 3. The summed E-state index contributed by atoms with van der Waals surface area (Å²) in [6, 6.07) is 0.469. The van der Waals surface area contributed by atoms with Crippen LogP contribution in [0.25, 0.3) is 0 Å². The highest BCUT2D eigenvalue weighted by molar-refractivity contribution is 5.40. The van der Waals surface area contributed by atoms with Gasteiger partial charge in [-0.3, -0.25) is 4.90 Å². The zero-order chi connectivity index (χ0) is 14.5. The van der Waals surface area contributed by atoms with Crippen molar-refractivity contribution in [3.63, 3.8) is 0 Å². The van der Waals surface area contributed by atoms with E-state index in [1.54, 1.807) is 0 Å². The molecule has 7 nitrogen and oxygen atoms in total. The van der Waals surface area contributed by atoms with Gasteiger partial charge in [-0.25, -0.2) is 0 Å². The lowest BCUT2D eigenvalue weighted by Crippen LogP contribution is -2.41. The van der Waals surface area contributed by atoms with Crippen molar-refractivity contribution in [3.8, 4) is 0 Å². The Morgan fingerprint density at radius 1 is 1.20 bits per heavy atom. The molecule has 112 valence electrons. The van der Waals surface area contributed by atoms with Crippen LogP contribution in [0, 0.1) is 0 Å². The molecule has 0 aliphatic carbocycles. The van der Waals surface area contributed by atoms with Gasteiger partial charge in [0.2, 0.25) is 17.8 Å². The normalized spacial score (nSPS) is 17.8. The molecule has 0 aromatic carbocycles. The van der Waals surface area contributed by atoms with Gasteiger partial charge in [0, 0.05) is 26.7 Å². The molecule has 1 unspecified atom stereocenters. The highest BCUT2D eigenvalue weighted by Gasteiger charge is 2.16. The van der Waals surface area contributed by atoms with E-state index in [9.17, 15) is 0 Å². The molecule has 7 heteroatoms. The van der Waals surface area contributed by atoms with Crippen molar-refractivity contribution in [1.82, 2.24) is 19.9 Å². The van der Waals surface area contributed by atoms with E-state index in [4.69, 9.17) is 5.73 Å². The van der Waals surface area contributed by atoms with Crippen molar-refractivity contribution in [2.24, 2.45) is 0 Å². The van der Waals surface area contributed by atoms with Crippen molar-refractivity contribution in [2.75, 3.05) is 49.7 Å². The fourth-order valence-electron chi connectivity index (χ4n) is 2.39. The number of likely N-dealkylation sites (tertiary alicyclic amines) is 1. The molecule has 1 aliphatic rings. The second-order valence-corrected chi connectivity index (χ2v) is 5.54. The van der Waals surface area contributed by atoms with Crippen LogP contribution in [-0.4, -0.2) is 59.6 Å². The lowest BCUT2D eigenvalue weighted by molar-refractivity contribution is 0.180. The van der Waals surface area contributed by atoms with Gasteiger partial charge < -0.3 is 16.0 Å². The summed E-state index contributed by atoms with van der Waals surface area (Å²) in [5.74, 6) is 1.37. The van der Waals surface area contributed by atoms with Gasteiger partial charge in [-0.1, -0.05) is 6.42 Å². The number of hydrogen-bond acceptors (Lipinski definition) is 7. The third-order valence-electron chi connectivity index (χ3n) is 3.61. The second-order valence-electron chi connectivity index (χ2n) is 5.54. The molecular weight excluding hydrogens is 254 g/mol. The summed E-state index contributed by atoms with van der Waals surface area (Å²) in [6.45, 7) is 5.42. The predicted octanol–water partition coefficient (Wildman–Crippen LogP) is 0.806. The van der Waals surface area contributed by atoms with Gasteiger partial charge >= 0.3 is 0 Å². The molecule has 1 aliphatic heterocycles. The Balaban J connectivity index is 1.92. The van der Waals surface area contributed by atoms with Crippen LogP contribution in [0.2, 0.25) is 0 Å². The Morgan fingerprint density at radius 2 is 1.90 bits per heavy atom. The van der Waals surface area contributed by atoms with Crippen LogP contribution in [0.1, 0.15) is 26.2 Å². The van der Waals surface area contributed by atoms with Crippen molar-refractivity contribution < 1.29 is 0 Å². The SMILES string of the molecule is CC(CNc1nc(N)nc(N(C)C)n1)N1CCCCC1. The summed E-state index contributed by atoms with van der Waals surface area (Å²) < 4.78 is 0. The summed E-state index contributed by atoms with van der Waals surface area (Å²) in [7, 11) is 3.77. The van der Waals surface area contributed by atoms with E-state index >= 15 is 0 Å². The summed E-state index contributed by atoms with van der Waals surface area (Å²) in [5.41, 5.74) is 5.71. The molecule has 0 saturated carbocycles. The first-order valence-electron chi connectivity index (χ1n) is 7.23. The highest BCUT2D eigenvalue weighted by Crippen LogP contribution is 2.13. The smallest absolute Gasteiger partial charge is 0.231 e. The first kappa shape index (κ1) is 14.8. The Kier molecular flexibility index (Phi) is 4.94. The minimum atomic E-state index is 0.247. The van der Waals surface area contributed by atoms with Gasteiger partial charge in [-0.2, -0.15) is 15.0 Å². The number of rotatable bonds is 5. The number of nitrogen functional groups attached to an aromatic ring is 1. The highest BCUT2D eigenvalue weighted by atomic mass is 15.3. The molecule has 0 radical (unpaired) electrons. The first-order valence-corrected chi connectivity index (χ1v) is 7.23. The van der Waals surface area contributed by atoms with Crippen LogP contribution in [-0.2, 0) is 0 Å². The molecule has 0 bridgehead atoms. The molecule has 0 spiro atoms. The van der Waals surface area contributed by atoms with Gasteiger partial charge in [-0.05, 0) is 32.9 Å². The second kappa shape index (κ2) is 6.69. The van der Waals surface area contributed by atoms with Crippen LogP contribution < -0.4 is 16.0 Å². The average Bonchev–Trinajstić information content (AvgIpc) is 2.45. The van der Waals surface area contributed by atoms with E-state index in [0.717, 1.165) is 6.54 Å². The Bertz CT molecular complexity index is 429. The maximum absolute atomic E-state index is 5.71. The fraction of sp³-hybridized carbons (Fsp3) is 0.769. The summed E-state index contributed by atoms with van der Waals surface area (Å²) in [5, 5.41) is 3.27. The molecule has 1 aromatic rings. The summed E-state index contributed by atoms with van der Waals surface area (Å²) >= 11 is 0. The third kappa shape index (κ3) is 3.93. The van der Waals surface area contributed by atoms with Crippen molar-refractivity contribution in [3.05, 3.63) is 0 Å². The molecule has 1 fully saturated rings. The zero-order valence-electron chi connectivity index (χ0n) is 12.6. The largest absolute Gasteiger partial charge is 0.368 e. The number of nitrogens with zero attached hydrogens (tertiary/aromatic N) is 5. The molecule has 0 amide bonds. The Labute approximate surface area is 120 Å². The number of nitrogens with two attached hydrogens (primary N) is 1. The summed E-state index contributed by atoms with van der Waals surface area (Å²) in [4.78, 5) is 16.9. The quantitative estimate of drug-likeness (QED) is 0.825. The number of aromatic nitrogens is 3. The van der Waals surface area contributed by atoms with Gasteiger partial charge in [0.05, 0.1) is 0 Å². The lowest BCUT2D eigenvalue weighted by Gasteiger charge is -2.32. The molecule has 20 heavy (non-hydrogen) atoms. The van der Waals surface area contributed by atoms with E-state index in [-0.39, 0.29) is 5.95 Å². The van der Waals surface area contributed by atoms with E-state index in [2.05, 4.69) is 32.1 Å². The number of piperidine rings is 1. The number of nitrogens with one attached hydrogen (secondary N) is 1. The van der Waals surface area contributed by atoms with Gasteiger partial charge in [-0.15, -0.1) is 0 Å². The monoisotopic (exact) mass is 279 g/mol. The summed E-state index contributed by atoms with van der Waals surface area (Å²) in [6.07, 6.45) is 3.95. The van der Waals surface area contributed by atoms with Crippen LogP contribution in [0.5, 0.6) is 0 Å². The van der Waals surface area contributed by atoms with E-state index < -0.39 is 0 Å². The Morgan fingerprint density at radius 3 is 2.55 bits per heavy atom. The minimum absolute atomic E-state index is 0.247. The predicted molar refractivity (Wildman–Crippen MR) is 81.9 cm³/mol. The zero-order valence-corrected chi connectivity index (χ0v) is 12.6. The minimum Gasteiger partial charge on any atom is -0.368 e. The maximum Gasteiger partial charge on any atom is 0.231 e. The van der Waals surface area contributed by atoms with Crippen LogP contribution >= 0.6 is 0 Å². The molecule has 1 aromatic heterocycles. The first-order chi connectivity index (χ1) is 9.56. The molecule has 2 rings (SSSR count). The molecule has 3 N–H and O–H groups in total. The fourth-order valence-corrected chi connectivity index (χ4v) is 2.39. The standard InChI is InChI=1S/C13H25N7/c1-10(20-7-5-4-6-8-20)9-15-12-16-11(14)17-13(18-12)19(2)3/h10H,4-9H2,1-3H3,(H3,14,15,16,17,18). The van der Waals surface area contributed by atoms with Gasteiger partial charge in [0.15, 0.2) is 0 Å². The van der Waals surface area contributed by atoms with Crippen LogP contribution in [0.4, 0.5) is 17.8 Å².